The molecule has 0 atom stereocenters. The van der Waals surface area contributed by atoms with Gasteiger partial charge in [0, 0.05) is 15.5 Å². The van der Waals surface area contributed by atoms with E-state index in [-0.39, 0.29) is 5.91 Å². The van der Waals surface area contributed by atoms with E-state index in [0.717, 1.165) is 10.4 Å². The van der Waals surface area contributed by atoms with Gasteiger partial charge in [-0.25, -0.2) is 5.43 Å². The van der Waals surface area contributed by atoms with E-state index in [1.54, 1.807) is 17.4 Å². The zero-order chi connectivity index (χ0) is 13.7. The average molecular weight is 293 g/mol. The molecule has 0 aliphatic carbocycles. The zero-order valence-corrected chi connectivity index (χ0v) is 12.0. The first-order valence-corrected chi connectivity index (χ1v) is 7.03. The summed E-state index contributed by atoms with van der Waals surface area (Å²) in [6, 6.07) is 11.2. The first-order valence-electron chi connectivity index (χ1n) is 5.77. The van der Waals surface area contributed by atoms with E-state index in [1.807, 2.05) is 42.6 Å². The molecule has 0 unspecified atom stereocenters. The minimum Gasteiger partial charge on any atom is -0.273 e. The molecule has 3 nitrogen and oxygen atoms in total. The standard InChI is InChI=1S/C14H13ClN2OS/c1-10(12-6-2-3-7-13(12)15)16-17-14(18)9-11-5-4-8-19-11/h2-8H,9H2,1H3,(H,17,18)/b16-10+. The third-order valence-corrected chi connectivity index (χ3v) is 3.73. The number of halogens is 1. The quantitative estimate of drug-likeness (QED) is 0.680. The second-order valence-electron chi connectivity index (χ2n) is 3.97. The molecule has 1 N–H and O–H groups in total. The molecule has 0 aliphatic rings. The van der Waals surface area contributed by atoms with E-state index in [4.69, 9.17) is 11.6 Å². The summed E-state index contributed by atoms with van der Waals surface area (Å²) in [7, 11) is 0. The molecule has 1 aromatic carbocycles. The van der Waals surface area contributed by atoms with Crippen LogP contribution < -0.4 is 5.43 Å². The Morgan fingerprint density at radius 2 is 2.11 bits per heavy atom. The Bertz CT molecular complexity index is 593. The molecule has 0 aliphatic heterocycles. The van der Waals surface area contributed by atoms with Crippen molar-refractivity contribution in [2.24, 2.45) is 5.10 Å². The lowest BCUT2D eigenvalue weighted by Gasteiger charge is -2.04. The highest BCUT2D eigenvalue weighted by atomic mass is 35.5. The van der Waals surface area contributed by atoms with Gasteiger partial charge in [-0.05, 0) is 24.4 Å². The lowest BCUT2D eigenvalue weighted by Crippen LogP contribution is -2.20. The fraction of sp³-hybridized carbons (Fsp3) is 0.143. The fourth-order valence-corrected chi connectivity index (χ4v) is 2.55. The van der Waals surface area contributed by atoms with Crippen LogP contribution in [-0.4, -0.2) is 11.6 Å². The lowest BCUT2D eigenvalue weighted by atomic mass is 10.1. The van der Waals surface area contributed by atoms with Crippen LogP contribution in [0.15, 0.2) is 46.9 Å². The number of benzene rings is 1. The maximum atomic E-state index is 11.7. The van der Waals surface area contributed by atoms with Crippen molar-refractivity contribution in [3.63, 3.8) is 0 Å². The molecular weight excluding hydrogens is 280 g/mol. The Morgan fingerprint density at radius 1 is 1.32 bits per heavy atom. The van der Waals surface area contributed by atoms with Crippen molar-refractivity contribution in [2.75, 3.05) is 0 Å². The van der Waals surface area contributed by atoms with Gasteiger partial charge in [-0.1, -0.05) is 35.9 Å². The summed E-state index contributed by atoms with van der Waals surface area (Å²) < 4.78 is 0. The van der Waals surface area contributed by atoms with Gasteiger partial charge in [0.2, 0.25) is 5.91 Å². The van der Waals surface area contributed by atoms with E-state index in [1.165, 1.54) is 0 Å². The minimum absolute atomic E-state index is 0.131. The van der Waals surface area contributed by atoms with Gasteiger partial charge in [-0.2, -0.15) is 5.10 Å². The van der Waals surface area contributed by atoms with Crippen molar-refractivity contribution in [1.29, 1.82) is 0 Å². The van der Waals surface area contributed by atoms with Crippen LogP contribution in [0.2, 0.25) is 5.02 Å². The van der Waals surface area contributed by atoms with Gasteiger partial charge in [-0.3, -0.25) is 4.79 Å². The molecule has 2 rings (SSSR count). The van der Waals surface area contributed by atoms with Gasteiger partial charge in [0.05, 0.1) is 12.1 Å². The second-order valence-corrected chi connectivity index (χ2v) is 5.41. The number of hydrogen-bond acceptors (Lipinski definition) is 3. The van der Waals surface area contributed by atoms with Crippen LogP contribution in [-0.2, 0) is 11.2 Å². The molecule has 98 valence electrons. The number of hydrazone groups is 1. The number of carbonyl (C=O) groups excluding carboxylic acids is 1. The SMILES string of the molecule is C/C(=N\NC(=O)Cc1cccs1)c1ccccc1Cl. The molecule has 0 spiro atoms. The van der Waals surface area contributed by atoms with Crippen molar-refractivity contribution in [1.82, 2.24) is 5.43 Å². The summed E-state index contributed by atoms with van der Waals surface area (Å²) in [6.07, 6.45) is 0.344. The number of nitrogens with zero attached hydrogens (tertiary/aromatic N) is 1. The van der Waals surface area contributed by atoms with Crippen LogP contribution in [0.4, 0.5) is 0 Å². The second kappa shape index (κ2) is 6.50. The molecule has 0 fully saturated rings. The minimum atomic E-state index is -0.131. The van der Waals surface area contributed by atoms with Crippen LogP contribution in [0, 0.1) is 0 Å². The van der Waals surface area contributed by atoms with E-state index in [2.05, 4.69) is 10.5 Å². The third-order valence-electron chi connectivity index (χ3n) is 2.53. The van der Waals surface area contributed by atoms with Crippen LogP contribution >= 0.6 is 22.9 Å². The Hall–Kier alpha value is -1.65. The summed E-state index contributed by atoms with van der Waals surface area (Å²) in [5.41, 5.74) is 4.05. The molecule has 1 amide bonds. The molecule has 2 aromatic rings. The van der Waals surface area contributed by atoms with Crippen LogP contribution in [0.5, 0.6) is 0 Å². The molecule has 19 heavy (non-hydrogen) atoms. The number of carbonyl (C=O) groups is 1. The monoisotopic (exact) mass is 292 g/mol. The maximum Gasteiger partial charge on any atom is 0.245 e. The molecule has 0 saturated carbocycles. The highest BCUT2D eigenvalue weighted by molar-refractivity contribution is 7.10. The van der Waals surface area contributed by atoms with Crippen molar-refractivity contribution >= 4 is 34.6 Å². The van der Waals surface area contributed by atoms with E-state index in [0.29, 0.717) is 17.2 Å². The summed E-state index contributed by atoms with van der Waals surface area (Å²) in [5.74, 6) is -0.131. The Kier molecular flexibility index (Phi) is 4.71. The summed E-state index contributed by atoms with van der Waals surface area (Å²) >= 11 is 7.61. The molecule has 1 aromatic heterocycles. The van der Waals surface area contributed by atoms with Crippen molar-refractivity contribution in [2.45, 2.75) is 13.3 Å². The molecular formula is C14H13ClN2OS. The first kappa shape index (κ1) is 13.8. The van der Waals surface area contributed by atoms with Gasteiger partial charge < -0.3 is 0 Å². The number of nitrogens with one attached hydrogen (secondary N) is 1. The summed E-state index contributed by atoms with van der Waals surface area (Å²) in [4.78, 5) is 12.7. The van der Waals surface area contributed by atoms with Crippen LogP contribution in [0.1, 0.15) is 17.4 Å². The topological polar surface area (TPSA) is 41.5 Å². The average Bonchev–Trinajstić information content (AvgIpc) is 2.89. The normalized spacial score (nSPS) is 11.4. The van der Waals surface area contributed by atoms with Crippen molar-refractivity contribution in [3.05, 3.63) is 57.2 Å². The predicted octanol–water partition coefficient (Wildman–Crippen LogP) is 3.48. The summed E-state index contributed by atoms with van der Waals surface area (Å²) in [6.45, 7) is 1.81. The lowest BCUT2D eigenvalue weighted by molar-refractivity contribution is -0.120. The smallest absolute Gasteiger partial charge is 0.245 e. The Balaban J connectivity index is 1.98. The van der Waals surface area contributed by atoms with Gasteiger partial charge in [0.1, 0.15) is 0 Å². The largest absolute Gasteiger partial charge is 0.273 e. The molecule has 0 bridgehead atoms. The van der Waals surface area contributed by atoms with Gasteiger partial charge in [0.15, 0.2) is 0 Å². The number of hydrogen-bond donors (Lipinski definition) is 1. The van der Waals surface area contributed by atoms with E-state index >= 15 is 0 Å². The summed E-state index contributed by atoms with van der Waals surface area (Å²) in [5, 5.41) is 6.64. The maximum absolute atomic E-state index is 11.7. The zero-order valence-electron chi connectivity index (χ0n) is 10.4. The van der Waals surface area contributed by atoms with Crippen molar-refractivity contribution < 1.29 is 4.79 Å². The highest BCUT2D eigenvalue weighted by Crippen LogP contribution is 2.15. The Labute approximate surface area is 120 Å². The molecule has 0 saturated heterocycles. The van der Waals surface area contributed by atoms with Gasteiger partial charge in [0.25, 0.3) is 0 Å². The van der Waals surface area contributed by atoms with Gasteiger partial charge in [-0.15, -0.1) is 11.3 Å². The van der Waals surface area contributed by atoms with Crippen LogP contribution in [0.25, 0.3) is 0 Å². The predicted molar refractivity (Wildman–Crippen MR) is 79.8 cm³/mol. The van der Waals surface area contributed by atoms with Crippen molar-refractivity contribution in [3.8, 4) is 0 Å². The van der Waals surface area contributed by atoms with E-state index < -0.39 is 0 Å². The fourth-order valence-electron chi connectivity index (χ4n) is 1.57. The molecule has 5 heteroatoms. The highest BCUT2D eigenvalue weighted by Gasteiger charge is 2.05. The number of thiophene rings is 1. The van der Waals surface area contributed by atoms with Gasteiger partial charge >= 0.3 is 0 Å². The number of amides is 1. The van der Waals surface area contributed by atoms with E-state index in [9.17, 15) is 4.79 Å². The number of rotatable bonds is 4. The molecule has 0 radical (unpaired) electrons. The Morgan fingerprint density at radius 3 is 2.79 bits per heavy atom. The first-order chi connectivity index (χ1) is 9.16. The van der Waals surface area contributed by atoms with Crippen LogP contribution in [0.3, 0.4) is 0 Å². The third kappa shape index (κ3) is 3.91. The molecule has 1 heterocycles.